The van der Waals surface area contributed by atoms with E-state index >= 15 is 0 Å². The second-order valence-corrected chi connectivity index (χ2v) is 3.70. The summed E-state index contributed by atoms with van der Waals surface area (Å²) in [6.45, 7) is 0. The molecule has 0 aromatic heterocycles. The quantitative estimate of drug-likeness (QED) is 0.602. The molecule has 7 nitrogen and oxygen atoms in total. The maximum absolute atomic E-state index is 10.1. The molecule has 8 heteroatoms. The Hall–Kier alpha value is -0.990. The van der Waals surface area contributed by atoms with E-state index in [0.29, 0.717) is 12.8 Å². The Kier molecular flexibility index (Phi) is 5.28. The standard InChI is InChI=1S/C4H5NO2.C2H6O4S/c6-3-1-2-4(7)5-3;1-5-7(3,4)6-2/h1-2H2,(H,5,6,7);1-2H3. The van der Waals surface area contributed by atoms with Gasteiger partial charge in [0.2, 0.25) is 11.8 Å². The van der Waals surface area contributed by atoms with Crippen LogP contribution >= 0.6 is 0 Å². The molecule has 1 rings (SSSR count). The summed E-state index contributed by atoms with van der Waals surface area (Å²) >= 11 is 0. The zero-order chi connectivity index (χ0) is 11.2. The average molecular weight is 225 g/mol. The molecule has 0 atom stereocenters. The maximum Gasteiger partial charge on any atom is 0.399 e. The molecule has 0 radical (unpaired) electrons. The molecular formula is C6H11NO6S. The fraction of sp³-hybridized carbons (Fsp3) is 0.667. The van der Waals surface area contributed by atoms with Crippen LogP contribution in [0.5, 0.6) is 0 Å². The number of carbonyl (C=O) groups excluding carboxylic acids is 2. The fourth-order valence-corrected chi connectivity index (χ4v) is 0.712. The second-order valence-electron chi connectivity index (χ2n) is 2.21. The number of hydrogen-bond acceptors (Lipinski definition) is 6. The zero-order valence-corrected chi connectivity index (χ0v) is 8.59. The molecule has 1 heterocycles. The molecule has 1 fully saturated rings. The van der Waals surface area contributed by atoms with Crippen molar-refractivity contribution < 1.29 is 26.4 Å². The minimum Gasteiger partial charge on any atom is -0.296 e. The van der Waals surface area contributed by atoms with Crippen LogP contribution in [0.2, 0.25) is 0 Å². The lowest BCUT2D eigenvalue weighted by Crippen LogP contribution is -2.18. The molecule has 1 saturated heterocycles. The summed E-state index contributed by atoms with van der Waals surface area (Å²) in [5, 5.41) is 2.14. The van der Waals surface area contributed by atoms with E-state index in [4.69, 9.17) is 0 Å². The second kappa shape index (κ2) is 5.68. The third-order valence-electron chi connectivity index (χ3n) is 1.27. The van der Waals surface area contributed by atoms with Gasteiger partial charge in [-0.3, -0.25) is 23.3 Å². The predicted molar refractivity (Wildman–Crippen MR) is 45.3 cm³/mol. The predicted octanol–water partition coefficient (Wildman–Crippen LogP) is -1.05. The van der Waals surface area contributed by atoms with Gasteiger partial charge in [0.25, 0.3) is 0 Å². The van der Waals surface area contributed by atoms with E-state index in [-0.39, 0.29) is 11.8 Å². The molecule has 1 aliphatic heterocycles. The third-order valence-corrected chi connectivity index (χ3v) is 2.08. The molecule has 2 amide bonds. The SMILES string of the molecule is COS(=O)(=O)OC.O=C1CCC(=O)N1. The van der Waals surface area contributed by atoms with Gasteiger partial charge >= 0.3 is 10.4 Å². The van der Waals surface area contributed by atoms with E-state index in [2.05, 4.69) is 13.7 Å². The molecule has 0 saturated carbocycles. The first-order chi connectivity index (χ1) is 6.41. The summed E-state index contributed by atoms with van der Waals surface area (Å²) in [5.74, 6) is -0.296. The lowest BCUT2D eigenvalue weighted by Gasteiger charge is -1.91. The highest BCUT2D eigenvalue weighted by atomic mass is 32.3. The normalized spacial score (nSPS) is 15.9. The van der Waals surface area contributed by atoms with Gasteiger partial charge in [-0.15, -0.1) is 0 Å². The summed E-state index contributed by atoms with van der Waals surface area (Å²) in [4.78, 5) is 20.2. The Labute approximate surface area is 81.7 Å². The minimum absolute atomic E-state index is 0.148. The van der Waals surface area contributed by atoms with E-state index < -0.39 is 10.4 Å². The van der Waals surface area contributed by atoms with Gasteiger partial charge in [0.15, 0.2) is 0 Å². The lowest BCUT2D eigenvalue weighted by atomic mass is 10.4. The Morgan fingerprint density at radius 2 is 1.43 bits per heavy atom. The maximum atomic E-state index is 10.1. The van der Waals surface area contributed by atoms with E-state index in [1.54, 1.807) is 0 Å². The Morgan fingerprint density at radius 3 is 1.50 bits per heavy atom. The molecule has 1 N–H and O–H groups in total. The molecule has 0 bridgehead atoms. The Balaban J connectivity index is 0.000000241. The summed E-state index contributed by atoms with van der Waals surface area (Å²) in [7, 11) is -1.60. The van der Waals surface area contributed by atoms with Crippen LogP contribution in [0.15, 0.2) is 0 Å². The van der Waals surface area contributed by atoms with Crippen molar-refractivity contribution in [1.82, 2.24) is 5.32 Å². The smallest absolute Gasteiger partial charge is 0.296 e. The van der Waals surface area contributed by atoms with Gasteiger partial charge in [0.1, 0.15) is 0 Å². The summed E-state index contributed by atoms with van der Waals surface area (Å²) < 4.78 is 27.5. The van der Waals surface area contributed by atoms with Crippen LogP contribution in [0, 0.1) is 0 Å². The molecule has 0 aromatic carbocycles. The Morgan fingerprint density at radius 1 is 1.07 bits per heavy atom. The molecule has 0 aromatic rings. The van der Waals surface area contributed by atoms with Gasteiger partial charge in [-0.2, -0.15) is 8.42 Å². The molecule has 82 valence electrons. The van der Waals surface area contributed by atoms with Crippen molar-refractivity contribution in [2.75, 3.05) is 14.2 Å². The molecule has 14 heavy (non-hydrogen) atoms. The van der Waals surface area contributed by atoms with Crippen LogP contribution in [0.4, 0.5) is 0 Å². The van der Waals surface area contributed by atoms with E-state index in [1.165, 1.54) is 0 Å². The van der Waals surface area contributed by atoms with Crippen molar-refractivity contribution in [3.05, 3.63) is 0 Å². The highest BCUT2D eigenvalue weighted by Gasteiger charge is 2.15. The largest absolute Gasteiger partial charge is 0.399 e. The molecule has 0 aliphatic carbocycles. The topological polar surface area (TPSA) is 98.8 Å². The Bertz CT molecular complexity index is 284. The highest BCUT2D eigenvalue weighted by molar-refractivity contribution is 7.81. The van der Waals surface area contributed by atoms with Gasteiger partial charge in [-0.05, 0) is 0 Å². The van der Waals surface area contributed by atoms with Crippen LogP contribution in [-0.4, -0.2) is 34.5 Å². The van der Waals surface area contributed by atoms with Gasteiger partial charge in [0, 0.05) is 12.8 Å². The van der Waals surface area contributed by atoms with Gasteiger partial charge < -0.3 is 0 Å². The third kappa shape index (κ3) is 5.62. The van der Waals surface area contributed by atoms with Crippen molar-refractivity contribution >= 4 is 22.2 Å². The summed E-state index contributed by atoms with van der Waals surface area (Å²) in [5.41, 5.74) is 0. The van der Waals surface area contributed by atoms with Crippen molar-refractivity contribution in [3.8, 4) is 0 Å². The van der Waals surface area contributed by atoms with E-state index in [1.807, 2.05) is 0 Å². The van der Waals surface area contributed by atoms with Crippen molar-refractivity contribution in [2.45, 2.75) is 12.8 Å². The first-order valence-corrected chi connectivity index (χ1v) is 4.93. The van der Waals surface area contributed by atoms with Gasteiger partial charge in [-0.1, -0.05) is 0 Å². The van der Waals surface area contributed by atoms with Gasteiger partial charge in [0.05, 0.1) is 14.2 Å². The first-order valence-electron chi connectivity index (χ1n) is 3.60. The molecule has 1 aliphatic rings. The van der Waals surface area contributed by atoms with Crippen LogP contribution in [-0.2, 0) is 28.4 Å². The number of nitrogens with one attached hydrogen (secondary N) is 1. The highest BCUT2D eigenvalue weighted by Crippen LogP contribution is 1.95. The fourth-order valence-electron chi connectivity index (χ4n) is 0.576. The molecule has 0 spiro atoms. The van der Waals surface area contributed by atoms with Crippen LogP contribution in [0.25, 0.3) is 0 Å². The number of amides is 2. The zero-order valence-electron chi connectivity index (χ0n) is 7.77. The van der Waals surface area contributed by atoms with Crippen LogP contribution < -0.4 is 5.32 Å². The molecule has 0 unspecified atom stereocenters. The monoisotopic (exact) mass is 225 g/mol. The summed E-state index contributed by atoms with van der Waals surface area (Å²) in [6.07, 6.45) is 0.748. The van der Waals surface area contributed by atoms with Crippen LogP contribution in [0.1, 0.15) is 12.8 Å². The van der Waals surface area contributed by atoms with Crippen molar-refractivity contribution in [3.63, 3.8) is 0 Å². The number of rotatable bonds is 2. The summed E-state index contributed by atoms with van der Waals surface area (Å²) in [6, 6.07) is 0. The number of carbonyl (C=O) groups is 2. The van der Waals surface area contributed by atoms with Crippen molar-refractivity contribution in [2.24, 2.45) is 0 Å². The number of imide groups is 1. The lowest BCUT2D eigenvalue weighted by molar-refractivity contribution is -0.124. The first kappa shape index (κ1) is 13.0. The average Bonchev–Trinajstić information content (AvgIpc) is 2.51. The van der Waals surface area contributed by atoms with Crippen LogP contribution in [0.3, 0.4) is 0 Å². The van der Waals surface area contributed by atoms with Gasteiger partial charge in [-0.25, -0.2) is 0 Å². The minimum atomic E-state index is -3.66. The number of hydrogen-bond donors (Lipinski definition) is 1. The van der Waals surface area contributed by atoms with Crippen molar-refractivity contribution in [1.29, 1.82) is 0 Å². The van der Waals surface area contributed by atoms with E-state index in [9.17, 15) is 18.0 Å². The van der Waals surface area contributed by atoms with E-state index in [0.717, 1.165) is 14.2 Å². The molecular weight excluding hydrogens is 214 g/mol.